The first-order valence-corrected chi connectivity index (χ1v) is 7.63. The summed E-state index contributed by atoms with van der Waals surface area (Å²) in [6.45, 7) is 1.61. The Hall–Kier alpha value is -2.06. The van der Waals surface area contributed by atoms with Gasteiger partial charge in [-0.2, -0.15) is 13.5 Å². The number of halogens is 1. The van der Waals surface area contributed by atoms with Gasteiger partial charge in [0.1, 0.15) is 0 Å². The molecule has 2 aromatic rings. The van der Waals surface area contributed by atoms with Crippen LogP contribution in [0, 0.1) is 6.92 Å². The summed E-state index contributed by atoms with van der Waals surface area (Å²) in [6.07, 6.45) is 1.23. The standard InChI is InChI=1S/C12H12ClN3O4S/c1-7-5-8(12(17)18)3-4-10(7)15-21(19,20)11-9(13)6-14-16(11)2/h3-6,15H,1-2H3,(H,17,18). The second-order valence-electron chi connectivity index (χ2n) is 4.36. The van der Waals surface area contributed by atoms with Crippen LogP contribution in [-0.2, 0) is 17.1 Å². The zero-order chi connectivity index (χ0) is 15.8. The Morgan fingerprint density at radius 3 is 2.57 bits per heavy atom. The molecule has 0 atom stereocenters. The number of nitrogens with one attached hydrogen (secondary N) is 1. The van der Waals surface area contributed by atoms with Crippen molar-refractivity contribution in [1.29, 1.82) is 0 Å². The summed E-state index contributed by atoms with van der Waals surface area (Å²) in [7, 11) is -2.46. The zero-order valence-corrected chi connectivity index (χ0v) is 12.7. The molecule has 21 heavy (non-hydrogen) atoms. The topological polar surface area (TPSA) is 101 Å². The third-order valence-corrected chi connectivity index (χ3v) is 4.69. The molecule has 0 aliphatic carbocycles. The largest absolute Gasteiger partial charge is 0.478 e. The number of aromatic carboxylic acids is 1. The van der Waals surface area contributed by atoms with Crippen LogP contribution in [0.25, 0.3) is 0 Å². The number of hydrogen-bond donors (Lipinski definition) is 2. The van der Waals surface area contributed by atoms with Gasteiger partial charge in [-0.1, -0.05) is 11.6 Å². The van der Waals surface area contributed by atoms with E-state index in [1.807, 2.05) is 0 Å². The molecule has 0 bridgehead atoms. The Morgan fingerprint density at radius 2 is 2.10 bits per heavy atom. The molecule has 2 N–H and O–H groups in total. The molecule has 0 aliphatic heterocycles. The summed E-state index contributed by atoms with van der Waals surface area (Å²) < 4.78 is 28.1. The molecule has 0 saturated carbocycles. The van der Waals surface area contributed by atoms with Gasteiger partial charge < -0.3 is 5.11 Å². The average molecular weight is 330 g/mol. The monoisotopic (exact) mass is 329 g/mol. The first-order chi connectivity index (χ1) is 9.72. The number of aryl methyl sites for hydroxylation is 2. The molecule has 1 aromatic heterocycles. The highest BCUT2D eigenvalue weighted by atomic mass is 35.5. The molecular formula is C12H12ClN3O4S. The minimum atomic E-state index is -3.92. The minimum absolute atomic E-state index is 0.00445. The van der Waals surface area contributed by atoms with Gasteiger partial charge in [-0.05, 0) is 30.7 Å². The fourth-order valence-corrected chi connectivity index (χ4v) is 3.60. The Balaban J connectivity index is 2.40. The van der Waals surface area contributed by atoms with Crippen molar-refractivity contribution < 1.29 is 18.3 Å². The predicted molar refractivity (Wildman–Crippen MR) is 77.2 cm³/mol. The lowest BCUT2D eigenvalue weighted by molar-refractivity contribution is 0.0697. The smallest absolute Gasteiger partial charge is 0.335 e. The van der Waals surface area contributed by atoms with Gasteiger partial charge in [-0.15, -0.1) is 0 Å². The van der Waals surface area contributed by atoms with E-state index in [0.717, 1.165) is 4.68 Å². The van der Waals surface area contributed by atoms with Crippen LogP contribution in [0.15, 0.2) is 29.4 Å². The maximum absolute atomic E-state index is 12.3. The first-order valence-electron chi connectivity index (χ1n) is 5.76. The number of hydrogen-bond acceptors (Lipinski definition) is 4. The van der Waals surface area contributed by atoms with Gasteiger partial charge in [0.25, 0.3) is 10.0 Å². The molecule has 9 heteroatoms. The molecule has 0 spiro atoms. The molecule has 0 amide bonds. The number of carbonyl (C=O) groups is 1. The van der Waals surface area contributed by atoms with Crippen molar-refractivity contribution in [2.24, 2.45) is 7.05 Å². The van der Waals surface area contributed by atoms with E-state index in [0.29, 0.717) is 5.56 Å². The number of benzene rings is 1. The highest BCUT2D eigenvalue weighted by Crippen LogP contribution is 2.24. The molecule has 1 heterocycles. The van der Waals surface area contributed by atoms with E-state index in [-0.39, 0.29) is 21.3 Å². The van der Waals surface area contributed by atoms with Crippen molar-refractivity contribution >= 4 is 33.3 Å². The Morgan fingerprint density at radius 1 is 1.43 bits per heavy atom. The van der Waals surface area contributed by atoms with Gasteiger partial charge in [-0.25, -0.2) is 4.79 Å². The highest BCUT2D eigenvalue weighted by Gasteiger charge is 2.23. The molecule has 0 aliphatic rings. The van der Waals surface area contributed by atoms with E-state index < -0.39 is 16.0 Å². The molecular weight excluding hydrogens is 318 g/mol. The number of nitrogens with zero attached hydrogens (tertiary/aromatic N) is 2. The van der Waals surface area contributed by atoms with Crippen LogP contribution in [0.2, 0.25) is 5.02 Å². The van der Waals surface area contributed by atoms with Gasteiger partial charge in [0, 0.05) is 7.05 Å². The molecule has 0 fully saturated rings. The van der Waals surface area contributed by atoms with E-state index in [2.05, 4.69) is 9.82 Å². The van der Waals surface area contributed by atoms with Crippen molar-refractivity contribution in [1.82, 2.24) is 9.78 Å². The number of carboxylic acids is 1. The van der Waals surface area contributed by atoms with Gasteiger partial charge in [-0.3, -0.25) is 9.40 Å². The lowest BCUT2D eigenvalue weighted by Crippen LogP contribution is -2.18. The summed E-state index contributed by atoms with van der Waals surface area (Å²) in [5.41, 5.74) is 0.836. The van der Waals surface area contributed by atoms with Gasteiger partial charge >= 0.3 is 5.97 Å². The minimum Gasteiger partial charge on any atom is -0.478 e. The first kappa shape index (κ1) is 15.3. The predicted octanol–water partition coefficient (Wildman–Crippen LogP) is 1.88. The van der Waals surface area contributed by atoms with Crippen molar-refractivity contribution in [2.45, 2.75) is 11.9 Å². The second kappa shape index (κ2) is 5.38. The maximum atomic E-state index is 12.3. The third kappa shape index (κ3) is 3.01. The maximum Gasteiger partial charge on any atom is 0.335 e. The summed E-state index contributed by atoms with van der Waals surface area (Å²) in [6, 6.07) is 4.09. The van der Waals surface area contributed by atoms with E-state index in [4.69, 9.17) is 16.7 Å². The van der Waals surface area contributed by atoms with Gasteiger partial charge in [0.05, 0.1) is 22.5 Å². The molecule has 112 valence electrons. The van der Waals surface area contributed by atoms with Crippen molar-refractivity contribution in [3.8, 4) is 0 Å². The van der Waals surface area contributed by atoms with E-state index in [1.54, 1.807) is 6.92 Å². The SMILES string of the molecule is Cc1cc(C(=O)O)ccc1NS(=O)(=O)c1c(Cl)cnn1C. The van der Waals surface area contributed by atoms with Crippen LogP contribution >= 0.6 is 11.6 Å². The summed E-state index contributed by atoms with van der Waals surface area (Å²) >= 11 is 5.82. The van der Waals surface area contributed by atoms with Gasteiger partial charge in [0.15, 0.2) is 5.03 Å². The van der Waals surface area contributed by atoms with Crippen molar-refractivity contribution in [3.05, 3.63) is 40.5 Å². The molecule has 0 radical (unpaired) electrons. The Kier molecular flexibility index (Phi) is 3.93. The van der Waals surface area contributed by atoms with Crippen LogP contribution in [0.1, 0.15) is 15.9 Å². The molecule has 0 saturated heterocycles. The van der Waals surface area contributed by atoms with Crippen LogP contribution < -0.4 is 4.72 Å². The van der Waals surface area contributed by atoms with Gasteiger partial charge in [0.2, 0.25) is 0 Å². The zero-order valence-electron chi connectivity index (χ0n) is 11.2. The van der Waals surface area contributed by atoms with Crippen LogP contribution in [0.5, 0.6) is 0 Å². The number of carboxylic acid groups (broad SMARTS) is 1. The molecule has 0 unspecified atom stereocenters. The summed E-state index contributed by atoms with van der Waals surface area (Å²) in [5.74, 6) is -1.08. The number of aromatic nitrogens is 2. The second-order valence-corrected chi connectivity index (χ2v) is 6.37. The normalized spacial score (nSPS) is 11.4. The quantitative estimate of drug-likeness (QED) is 0.891. The van der Waals surface area contributed by atoms with Crippen LogP contribution in [0.4, 0.5) is 5.69 Å². The number of rotatable bonds is 4. The molecule has 1 aromatic carbocycles. The third-order valence-electron chi connectivity index (χ3n) is 2.81. The van der Waals surface area contributed by atoms with E-state index in [1.165, 1.54) is 31.4 Å². The number of anilines is 1. The van der Waals surface area contributed by atoms with E-state index >= 15 is 0 Å². The summed E-state index contributed by atoms with van der Waals surface area (Å²) in [4.78, 5) is 10.9. The average Bonchev–Trinajstić information content (AvgIpc) is 2.71. The van der Waals surface area contributed by atoms with Crippen LogP contribution in [-0.4, -0.2) is 29.3 Å². The molecule has 2 rings (SSSR count). The number of sulfonamides is 1. The van der Waals surface area contributed by atoms with Crippen molar-refractivity contribution in [2.75, 3.05) is 4.72 Å². The fraction of sp³-hybridized carbons (Fsp3) is 0.167. The lowest BCUT2D eigenvalue weighted by atomic mass is 10.1. The Labute approximate surface area is 126 Å². The highest BCUT2D eigenvalue weighted by molar-refractivity contribution is 7.92. The van der Waals surface area contributed by atoms with Crippen LogP contribution in [0.3, 0.4) is 0 Å². The summed E-state index contributed by atoms with van der Waals surface area (Å²) in [5, 5.41) is 12.5. The Bertz CT molecular complexity index is 794. The van der Waals surface area contributed by atoms with E-state index in [9.17, 15) is 13.2 Å². The fourth-order valence-electron chi connectivity index (χ4n) is 1.81. The lowest BCUT2D eigenvalue weighted by Gasteiger charge is -2.11. The molecule has 7 nitrogen and oxygen atoms in total. The van der Waals surface area contributed by atoms with Crippen molar-refractivity contribution in [3.63, 3.8) is 0 Å².